The molecule has 0 saturated carbocycles. The van der Waals surface area contributed by atoms with Crippen LogP contribution in [0, 0.1) is 5.82 Å². The van der Waals surface area contributed by atoms with E-state index in [9.17, 15) is 9.18 Å². The fraction of sp³-hybridized carbons (Fsp3) is 0.261. The Morgan fingerprint density at radius 1 is 1.25 bits per heavy atom. The van der Waals surface area contributed by atoms with Crippen molar-refractivity contribution in [2.75, 3.05) is 33.4 Å². The van der Waals surface area contributed by atoms with Crippen molar-refractivity contribution in [3.05, 3.63) is 70.0 Å². The van der Waals surface area contributed by atoms with Crippen LogP contribution in [0.15, 0.2) is 52.6 Å². The van der Waals surface area contributed by atoms with Gasteiger partial charge in [0, 0.05) is 36.1 Å². The van der Waals surface area contributed by atoms with E-state index in [1.807, 2.05) is 18.2 Å². The van der Waals surface area contributed by atoms with Crippen LogP contribution in [0.4, 0.5) is 4.39 Å². The van der Waals surface area contributed by atoms with Gasteiger partial charge < -0.3 is 14.5 Å². The second-order valence-electron chi connectivity index (χ2n) is 7.64. The highest BCUT2D eigenvalue weighted by Crippen LogP contribution is 2.23. The van der Waals surface area contributed by atoms with Gasteiger partial charge in [-0.15, -0.1) is 0 Å². The van der Waals surface area contributed by atoms with Crippen LogP contribution < -0.4 is 10.3 Å². The van der Waals surface area contributed by atoms with Crippen molar-refractivity contribution in [1.29, 1.82) is 0 Å². The molecular formula is C23H22FN5O3. The normalized spacial score (nSPS) is 15.2. The van der Waals surface area contributed by atoms with E-state index in [1.165, 1.54) is 23.1 Å². The molecule has 2 aromatic carbocycles. The van der Waals surface area contributed by atoms with Crippen molar-refractivity contribution < 1.29 is 13.9 Å². The zero-order valence-corrected chi connectivity index (χ0v) is 17.5. The topological polar surface area (TPSA) is 84.7 Å². The lowest BCUT2D eigenvalue weighted by Crippen LogP contribution is -2.35. The first kappa shape index (κ1) is 20.3. The van der Waals surface area contributed by atoms with Crippen molar-refractivity contribution in [2.45, 2.75) is 6.54 Å². The number of benzene rings is 2. The predicted molar refractivity (Wildman–Crippen MR) is 120 cm³/mol. The maximum Gasteiger partial charge on any atom is 0.298 e. The second-order valence-corrected chi connectivity index (χ2v) is 7.64. The molecule has 164 valence electrons. The van der Waals surface area contributed by atoms with Crippen LogP contribution >= 0.6 is 0 Å². The summed E-state index contributed by atoms with van der Waals surface area (Å²) in [4.78, 5) is 22.5. The van der Waals surface area contributed by atoms with Gasteiger partial charge in [-0.25, -0.2) is 9.37 Å². The average Bonchev–Trinajstić information content (AvgIpc) is 3.18. The molecule has 4 aromatic rings. The lowest BCUT2D eigenvalue weighted by atomic mass is 10.1. The zero-order valence-electron chi connectivity index (χ0n) is 17.5. The molecule has 3 heterocycles. The van der Waals surface area contributed by atoms with Gasteiger partial charge in [-0.1, -0.05) is 0 Å². The Kier molecular flexibility index (Phi) is 5.42. The number of nitrogens with zero attached hydrogens (tertiary/aromatic N) is 4. The van der Waals surface area contributed by atoms with Crippen molar-refractivity contribution in [3.63, 3.8) is 0 Å². The molecule has 0 unspecified atom stereocenters. The van der Waals surface area contributed by atoms with Crippen LogP contribution in [-0.4, -0.2) is 59.2 Å². The van der Waals surface area contributed by atoms with E-state index < -0.39 is 0 Å². The molecule has 1 aliphatic heterocycles. The van der Waals surface area contributed by atoms with Gasteiger partial charge in [0.1, 0.15) is 28.9 Å². The molecule has 0 atom stereocenters. The summed E-state index contributed by atoms with van der Waals surface area (Å²) >= 11 is 0. The number of aromatic nitrogens is 3. The van der Waals surface area contributed by atoms with E-state index in [0.717, 1.165) is 49.7 Å². The van der Waals surface area contributed by atoms with Crippen molar-refractivity contribution in [2.24, 2.45) is 5.10 Å². The van der Waals surface area contributed by atoms with Crippen molar-refractivity contribution in [1.82, 2.24) is 19.5 Å². The molecule has 1 fully saturated rings. The van der Waals surface area contributed by atoms with E-state index in [-0.39, 0.29) is 16.9 Å². The number of H-pyrrole nitrogens is 1. The molecule has 0 amide bonds. The SMILES string of the molecule is COc1ccc(/C=N\n2cnc3c([nH]c4ccc(F)cc43)c2=O)cc1CN1CCOCC1. The summed E-state index contributed by atoms with van der Waals surface area (Å²) in [6, 6.07) is 10.1. The van der Waals surface area contributed by atoms with Crippen LogP contribution in [0.5, 0.6) is 5.75 Å². The Hall–Kier alpha value is -3.56. The van der Waals surface area contributed by atoms with E-state index in [1.54, 1.807) is 19.4 Å². The summed E-state index contributed by atoms with van der Waals surface area (Å²) in [7, 11) is 1.65. The average molecular weight is 435 g/mol. The van der Waals surface area contributed by atoms with Crippen LogP contribution in [-0.2, 0) is 11.3 Å². The minimum Gasteiger partial charge on any atom is -0.496 e. The van der Waals surface area contributed by atoms with Crippen LogP contribution in [0.3, 0.4) is 0 Å². The third-order valence-electron chi connectivity index (χ3n) is 5.58. The second kappa shape index (κ2) is 8.52. The Bertz CT molecular complexity index is 1370. The number of nitrogens with one attached hydrogen (secondary N) is 1. The molecule has 1 aliphatic rings. The smallest absolute Gasteiger partial charge is 0.298 e. The van der Waals surface area contributed by atoms with Crippen LogP contribution in [0.2, 0.25) is 0 Å². The summed E-state index contributed by atoms with van der Waals surface area (Å²) in [5.41, 5.74) is 2.87. The molecule has 0 radical (unpaired) electrons. The first-order valence-electron chi connectivity index (χ1n) is 10.3. The van der Waals surface area contributed by atoms with Gasteiger partial charge >= 0.3 is 0 Å². The van der Waals surface area contributed by atoms with Crippen LogP contribution in [0.25, 0.3) is 21.9 Å². The van der Waals surface area contributed by atoms with Gasteiger partial charge in [-0.2, -0.15) is 9.78 Å². The first-order valence-corrected chi connectivity index (χ1v) is 10.3. The lowest BCUT2D eigenvalue weighted by Gasteiger charge is -2.27. The number of hydrogen-bond acceptors (Lipinski definition) is 6. The maximum absolute atomic E-state index is 13.6. The quantitative estimate of drug-likeness (QED) is 0.488. The van der Waals surface area contributed by atoms with Gasteiger partial charge in [-0.3, -0.25) is 9.69 Å². The number of ether oxygens (including phenoxy) is 2. The highest BCUT2D eigenvalue weighted by Gasteiger charge is 2.14. The summed E-state index contributed by atoms with van der Waals surface area (Å²) in [5.74, 6) is 0.425. The highest BCUT2D eigenvalue weighted by molar-refractivity contribution is 6.04. The molecule has 5 rings (SSSR count). The highest BCUT2D eigenvalue weighted by atomic mass is 19.1. The standard InChI is InChI=1S/C23H22FN5O3/c1-31-20-5-2-15(10-16(20)13-28-6-8-32-9-7-28)12-26-29-14-25-21-18-11-17(24)3-4-19(18)27-22(21)23(29)30/h2-5,10-12,14,27H,6-9,13H2,1H3/b26-12-. The first-order chi connectivity index (χ1) is 15.6. The monoisotopic (exact) mass is 435 g/mol. The lowest BCUT2D eigenvalue weighted by molar-refractivity contribution is 0.0339. The fourth-order valence-corrected chi connectivity index (χ4v) is 3.93. The largest absolute Gasteiger partial charge is 0.496 e. The Morgan fingerprint density at radius 2 is 2.09 bits per heavy atom. The van der Waals surface area contributed by atoms with Gasteiger partial charge in [0.15, 0.2) is 0 Å². The number of methoxy groups -OCH3 is 1. The molecular weight excluding hydrogens is 413 g/mol. The summed E-state index contributed by atoms with van der Waals surface area (Å²) in [5, 5.41) is 4.87. The molecule has 2 aromatic heterocycles. The molecule has 0 bridgehead atoms. The Morgan fingerprint density at radius 3 is 2.91 bits per heavy atom. The summed E-state index contributed by atoms with van der Waals surface area (Å²) < 4.78 is 25.7. The third-order valence-corrected chi connectivity index (χ3v) is 5.58. The number of fused-ring (bicyclic) bond motifs is 3. The fourth-order valence-electron chi connectivity index (χ4n) is 3.93. The molecule has 1 saturated heterocycles. The summed E-state index contributed by atoms with van der Waals surface area (Å²) in [6.45, 7) is 3.94. The molecule has 0 aliphatic carbocycles. The van der Waals surface area contributed by atoms with Crippen LogP contribution in [0.1, 0.15) is 11.1 Å². The molecule has 1 N–H and O–H groups in total. The van der Waals surface area contributed by atoms with E-state index >= 15 is 0 Å². The number of rotatable bonds is 5. The number of morpholine rings is 1. The predicted octanol–water partition coefficient (Wildman–Crippen LogP) is 2.74. The molecule has 0 spiro atoms. The Balaban J connectivity index is 1.45. The minimum absolute atomic E-state index is 0.285. The molecule has 8 nitrogen and oxygen atoms in total. The number of hydrogen-bond donors (Lipinski definition) is 1. The van der Waals surface area contributed by atoms with Crippen molar-refractivity contribution in [3.8, 4) is 5.75 Å². The van der Waals surface area contributed by atoms with Gasteiger partial charge in [0.25, 0.3) is 5.56 Å². The van der Waals surface area contributed by atoms with E-state index in [4.69, 9.17) is 9.47 Å². The maximum atomic E-state index is 13.6. The van der Waals surface area contributed by atoms with Crippen molar-refractivity contribution >= 4 is 28.2 Å². The van der Waals surface area contributed by atoms with Gasteiger partial charge in [0.05, 0.1) is 26.5 Å². The molecule has 9 heteroatoms. The third kappa shape index (κ3) is 3.88. The molecule has 32 heavy (non-hydrogen) atoms. The zero-order chi connectivity index (χ0) is 22.1. The number of aromatic amines is 1. The van der Waals surface area contributed by atoms with E-state index in [2.05, 4.69) is 20.0 Å². The van der Waals surface area contributed by atoms with Gasteiger partial charge in [0.2, 0.25) is 0 Å². The Labute approximate surface area is 182 Å². The minimum atomic E-state index is -0.380. The van der Waals surface area contributed by atoms with Gasteiger partial charge in [-0.05, 0) is 42.0 Å². The number of halogens is 1. The van der Waals surface area contributed by atoms with E-state index in [0.29, 0.717) is 16.4 Å². The summed E-state index contributed by atoms with van der Waals surface area (Å²) in [6.07, 6.45) is 2.96.